The summed E-state index contributed by atoms with van der Waals surface area (Å²) in [6.45, 7) is 3.02. The van der Waals surface area contributed by atoms with Gasteiger partial charge < -0.3 is 14.8 Å². The van der Waals surface area contributed by atoms with Crippen LogP contribution in [0.4, 0.5) is 0 Å². The van der Waals surface area contributed by atoms with E-state index in [1.54, 1.807) is 6.92 Å². The molecule has 2 aromatic rings. The van der Waals surface area contributed by atoms with E-state index in [4.69, 9.17) is 0 Å². The Hall–Kier alpha value is -2.56. The second-order valence-corrected chi connectivity index (χ2v) is 5.89. The fourth-order valence-electron chi connectivity index (χ4n) is 2.90. The number of aromatic nitrogens is 1. The zero-order valence-electron chi connectivity index (χ0n) is 13.2. The molecule has 1 fully saturated rings. The molecule has 5 nitrogen and oxygen atoms in total. The molecule has 120 valence electrons. The number of rotatable bonds is 3. The zero-order valence-corrected chi connectivity index (χ0v) is 13.2. The molecule has 0 saturated carbocycles. The maximum atomic E-state index is 12.3. The second-order valence-electron chi connectivity index (χ2n) is 5.89. The fraction of sp³-hybridized carbons (Fsp3) is 0.333. The summed E-state index contributed by atoms with van der Waals surface area (Å²) in [4.78, 5) is 25.5. The Labute approximate surface area is 135 Å². The van der Waals surface area contributed by atoms with Crippen molar-refractivity contribution in [1.82, 2.24) is 14.8 Å². The minimum Gasteiger partial charge on any atom is -0.349 e. The third kappa shape index (κ3) is 3.62. The second kappa shape index (κ2) is 6.69. The van der Waals surface area contributed by atoms with Gasteiger partial charge in [-0.3, -0.25) is 9.59 Å². The molecule has 0 radical (unpaired) electrons. The molecule has 1 aliphatic rings. The van der Waals surface area contributed by atoms with Crippen molar-refractivity contribution in [1.29, 1.82) is 0 Å². The van der Waals surface area contributed by atoms with Crippen molar-refractivity contribution in [3.8, 4) is 5.69 Å². The highest BCUT2D eigenvalue weighted by Gasteiger charge is 2.22. The van der Waals surface area contributed by atoms with Crippen LogP contribution in [0.25, 0.3) is 5.69 Å². The lowest BCUT2D eigenvalue weighted by Crippen LogP contribution is -2.45. The SMILES string of the molecule is CC(=O)N1CCC(NC(=O)c2ccc(-n3cccc3)cc2)CC1. The fourth-order valence-corrected chi connectivity index (χ4v) is 2.90. The number of nitrogens with zero attached hydrogens (tertiary/aromatic N) is 2. The Kier molecular flexibility index (Phi) is 4.46. The maximum Gasteiger partial charge on any atom is 0.251 e. The first-order chi connectivity index (χ1) is 11.1. The molecule has 1 N–H and O–H groups in total. The Morgan fingerprint density at radius 3 is 2.22 bits per heavy atom. The number of amides is 2. The van der Waals surface area contributed by atoms with Gasteiger partial charge in [0.05, 0.1) is 0 Å². The summed E-state index contributed by atoms with van der Waals surface area (Å²) in [6, 6.07) is 11.6. The molecule has 0 aliphatic carbocycles. The van der Waals surface area contributed by atoms with Gasteiger partial charge in [-0.15, -0.1) is 0 Å². The molecule has 1 aliphatic heterocycles. The molecule has 1 saturated heterocycles. The summed E-state index contributed by atoms with van der Waals surface area (Å²) < 4.78 is 2.00. The molecule has 0 spiro atoms. The highest BCUT2D eigenvalue weighted by Crippen LogP contribution is 2.13. The minimum atomic E-state index is -0.0506. The van der Waals surface area contributed by atoms with Crippen LogP contribution in [0.15, 0.2) is 48.8 Å². The predicted octanol–water partition coefficient (Wildman–Crippen LogP) is 2.22. The Morgan fingerprint density at radius 1 is 1.04 bits per heavy atom. The lowest BCUT2D eigenvalue weighted by Gasteiger charge is -2.31. The monoisotopic (exact) mass is 311 g/mol. The van der Waals surface area contributed by atoms with Crippen molar-refractivity contribution in [3.63, 3.8) is 0 Å². The van der Waals surface area contributed by atoms with E-state index in [1.165, 1.54) is 0 Å². The average Bonchev–Trinajstić information content (AvgIpc) is 3.10. The van der Waals surface area contributed by atoms with Crippen LogP contribution in [0, 0.1) is 0 Å². The van der Waals surface area contributed by atoms with Gasteiger partial charge >= 0.3 is 0 Å². The standard InChI is InChI=1S/C18H21N3O2/c1-14(22)20-12-8-16(9-13-20)19-18(23)15-4-6-17(7-5-15)21-10-2-3-11-21/h2-7,10-11,16H,8-9,12-13H2,1H3,(H,19,23). The average molecular weight is 311 g/mol. The van der Waals surface area contributed by atoms with Gasteiger partial charge in [0.1, 0.15) is 0 Å². The van der Waals surface area contributed by atoms with Crippen LogP contribution in [0.3, 0.4) is 0 Å². The summed E-state index contributed by atoms with van der Waals surface area (Å²) in [5.74, 6) is 0.0562. The van der Waals surface area contributed by atoms with Crippen LogP contribution in [-0.2, 0) is 4.79 Å². The topological polar surface area (TPSA) is 54.3 Å². The largest absolute Gasteiger partial charge is 0.349 e. The molecule has 2 amide bonds. The van der Waals surface area contributed by atoms with Crippen LogP contribution >= 0.6 is 0 Å². The first kappa shape index (κ1) is 15.3. The van der Waals surface area contributed by atoms with E-state index < -0.39 is 0 Å². The highest BCUT2D eigenvalue weighted by molar-refractivity contribution is 5.94. The van der Waals surface area contributed by atoms with Gasteiger partial charge in [-0.1, -0.05) is 0 Å². The third-order valence-electron chi connectivity index (χ3n) is 4.31. The Bertz CT molecular complexity index is 669. The Morgan fingerprint density at radius 2 is 1.65 bits per heavy atom. The van der Waals surface area contributed by atoms with Crippen molar-refractivity contribution >= 4 is 11.8 Å². The van der Waals surface area contributed by atoms with E-state index in [-0.39, 0.29) is 17.9 Å². The summed E-state index contributed by atoms with van der Waals surface area (Å²) in [7, 11) is 0. The van der Waals surface area contributed by atoms with E-state index in [1.807, 2.05) is 58.3 Å². The Balaban J connectivity index is 1.57. The number of carbonyl (C=O) groups is 2. The van der Waals surface area contributed by atoms with E-state index in [0.717, 1.165) is 18.5 Å². The van der Waals surface area contributed by atoms with Crippen LogP contribution in [0.1, 0.15) is 30.1 Å². The zero-order chi connectivity index (χ0) is 16.2. The number of nitrogens with one attached hydrogen (secondary N) is 1. The van der Waals surface area contributed by atoms with Crippen molar-refractivity contribution in [2.75, 3.05) is 13.1 Å². The van der Waals surface area contributed by atoms with Gasteiger partial charge in [0, 0.05) is 49.7 Å². The molecule has 1 aromatic heterocycles. The van der Waals surface area contributed by atoms with Crippen molar-refractivity contribution < 1.29 is 9.59 Å². The molecule has 0 unspecified atom stereocenters. The minimum absolute atomic E-state index is 0.0506. The van der Waals surface area contributed by atoms with E-state index in [9.17, 15) is 9.59 Å². The summed E-state index contributed by atoms with van der Waals surface area (Å²) >= 11 is 0. The molecule has 0 atom stereocenters. The lowest BCUT2D eigenvalue weighted by atomic mass is 10.0. The number of benzene rings is 1. The first-order valence-electron chi connectivity index (χ1n) is 7.93. The first-order valence-corrected chi connectivity index (χ1v) is 7.93. The van der Waals surface area contributed by atoms with E-state index >= 15 is 0 Å². The molecular formula is C18H21N3O2. The van der Waals surface area contributed by atoms with E-state index in [0.29, 0.717) is 18.7 Å². The van der Waals surface area contributed by atoms with Gasteiger partial charge in [-0.2, -0.15) is 0 Å². The molecule has 5 heteroatoms. The highest BCUT2D eigenvalue weighted by atomic mass is 16.2. The smallest absolute Gasteiger partial charge is 0.251 e. The summed E-state index contributed by atoms with van der Waals surface area (Å²) in [6.07, 6.45) is 5.56. The van der Waals surface area contributed by atoms with Crippen LogP contribution < -0.4 is 5.32 Å². The molecule has 23 heavy (non-hydrogen) atoms. The van der Waals surface area contributed by atoms with Gasteiger partial charge in [0.15, 0.2) is 0 Å². The number of likely N-dealkylation sites (tertiary alicyclic amines) is 1. The van der Waals surface area contributed by atoms with Crippen molar-refractivity contribution in [3.05, 3.63) is 54.4 Å². The number of hydrogen-bond acceptors (Lipinski definition) is 2. The number of hydrogen-bond donors (Lipinski definition) is 1. The lowest BCUT2D eigenvalue weighted by molar-refractivity contribution is -0.129. The third-order valence-corrected chi connectivity index (χ3v) is 4.31. The van der Waals surface area contributed by atoms with Gasteiger partial charge in [0.25, 0.3) is 5.91 Å². The van der Waals surface area contributed by atoms with Crippen molar-refractivity contribution in [2.24, 2.45) is 0 Å². The molecule has 1 aromatic carbocycles. The summed E-state index contributed by atoms with van der Waals surface area (Å²) in [5, 5.41) is 3.07. The number of carbonyl (C=O) groups excluding carboxylic acids is 2. The van der Waals surface area contributed by atoms with Gasteiger partial charge in [0.2, 0.25) is 5.91 Å². The molecule has 0 bridgehead atoms. The van der Waals surface area contributed by atoms with E-state index in [2.05, 4.69) is 5.32 Å². The molecule has 3 rings (SSSR count). The predicted molar refractivity (Wildman–Crippen MR) is 88.5 cm³/mol. The van der Waals surface area contributed by atoms with Crippen LogP contribution in [0.5, 0.6) is 0 Å². The normalized spacial score (nSPS) is 15.4. The van der Waals surface area contributed by atoms with Gasteiger partial charge in [-0.25, -0.2) is 0 Å². The van der Waals surface area contributed by atoms with Crippen LogP contribution in [0.2, 0.25) is 0 Å². The maximum absolute atomic E-state index is 12.3. The van der Waals surface area contributed by atoms with Crippen LogP contribution in [-0.4, -0.2) is 40.4 Å². The van der Waals surface area contributed by atoms with Gasteiger partial charge in [-0.05, 0) is 49.2 Å². The molecule has 2 heterocycles. The number of piperidine rings is 1. The molecular weight excluding hydrogens is 290 g/mol. The van der Waals surface area contributed by atoms with Crippen molar-refractivity contribution in [2.45, 2.75) is 25.8 Å². The quantitative estimate of drug-likeness (QED) is 0.945. The summed E-state index contributed by atoms with van der Waals surface area (Å²) in [5.41, 5.74) is 1.69.